The first-order valence-electron chi connectivity index (χ1n) is 2.90. The molecular formula is C7H10O3S. The Hall–Kier alpha value is -0.740. The predicted octanol–water partition coefficient (Wildman–Crippen LogP) is 1.09. The highest BCUT2D eigenvalue weighted by Gasteiger charge is 1.84. The molecule has 0 aliphatic carbocycles. The molecule has 62 valence electrons. The van der Waals surface area contributed by atoms with E-state index in [1.165, 1.54) is 6.26 Å². The van der Waals surface area contributed by atoms with Gasteiger partial charge in [0, 0.05) is 0 Å². The van der Waals surface area contributed by atoms with Crippen LogP contribution in [-0.4, -0.2) is 23.4 Å². The fourth-order valence-corrected chi connectivity index (χ4v) is 0.358. The van der Waals surface area contributed by atoms with E-state index in [0.717, 1.165) is 0 Å². The number of rotatable bonds is 1. The number of carbonyl (C=O) groups excluding carboxylic acids is 1. The largest absolute Gasteiger partial charge is 0.617 e. The Morgan fingerprint density at radius 2 is 2.18 bits per heavy atom. The van der Waals surface area contributed by atoms with Crippen molar-refractivity contribution in [3.8, 4) is 0 Å². The van der Waals surface area contributed by atoms with Crippen LogP contribution < -0.4 is 0 Å². The smallest absolute Gasteiger partial charge is 0.185 e. The van der Waals surface area contributed by atoms with Crippen molar-refractivity contribution >= 4 is 17.5 Å². The molecule has 11 heavy (non-hydrogen) atoms. The zero-order valence-electron chi connectivity index (χ0n) is 6.44. The van der Waals surface area contributed by atoms with E-state index in [1.807, 2.05) is 0 Å². The van der Waals surface area contributed by atoms with Crippen LogP contribution in [0.2, 0.25) is 0 Å². The lowest BCUT2D eigenvalue weighted by atomic mass is 10.5. The van der Waals surface area contributed by atoms with Gasteiger partial charge in [-0.15, -0.1) is 0 Å². The lowest BCUT2D eigenvalue weighted by Gasteiger charge is -1.87. The highest BCUT2D eigenvalue weighted by Crippen LogP contribution is 1.92. The van der Waals surface area contributed by atoms with Gasteiger partial charge in [-0.05, 0) is 12.1 Å². The molecule has 0 N–H and O–H groups in total. The van der Waals surface area contributed by atoms with Crippen LogP contribution in [0.25, 0.3) is 0 Å². The molecule has 0 fully saturated rings. The van der Waals surface area contributed by atoms with Crippen molar-refractivity contribution in [1.29, 1.82) is 0 Å². The summed E-state index contributed by atoms with van der Waals surface area (Å²) in [5.41, 5.74) is 0. The summed E-state index contributed by atoms with van der Waals surface area (Å²) in [4.78, 5) is 9.77. The minimum absolute atomic E-state index is 0.375. The molecule has 0 saturated carbocycles. The molecule has 0 saturated heterocycles. The van der Waals surface area contributed by atoms with Gasteiger partial charge in [-0.2, -0.15) is 0 Å². The molecule has 4 heteroatoms. The summed E-state index contributed by atoms with van der Waals surface area (Å²) in [6.07, 6.45) is 5.41. The van der Waals surface area contributed by atoms with E-state index in [0.29, 0.717) is 12.0 Å². The first-order valence-corrected chi connectivity index (χ1v) is 4.87. The van der Waals surface area contributed by atoms with E-state index < -0.39 is 11.2 Å². The van der Waals surface area contributed by atoms with Gasteiger partial charge < -0.3 is 8.97 Å². The van der Waals surface area contributed by atoms with Crippen LogP contribution in [0.15, 0.2) is 22.8 Å². The van der Waals surface area contributed by atoms with Crippen LogP contribution in [0.3, 0.4) is 0 Å². The lowest BCUT2D eigenvalue weighted by Crippen LogP contribution is -1.86. The van der Waals surface area contributed by atoms with Crippen molar-refractivity contribution in [2.24, 2.45) is 0 Å². The van der Waals surface area contributed by atoms with Crippen molar-refractivity contribution in [3.05, 3.63) is 24.2 Å². The molecule has 0 spiro atoms. The maximum absolute atomic E-state index is 9.77. The summed E-state index contributed by atoms with van der Waals surface area (Å²) >= 11 is -0.611. The topological polar surface area (TPSA) is 53.3 Å². The van der Waals surface area contributed by atoms with Crippen molar-refractivity contribution in [2.75, 3.05) is 12.5 Å². The summed E-state index contributed by atoms with van der Waals surface area (Å²) in [7, 11) is 0. The summed E-state index contributed by atoms with van der Waals surface area (Å²) in [6.45, 7) is 0. The molecule has 3 nitrogen and oxygen atoms in total. The molecule has 0 radical (unpaired) electrons. The molecule has 1 rings (SSSR count). The third-order valence-electron chi connectivity index (χ3n) is 0.659. The van der Waals surface area contributed by atoms with Crippen LogP contribution in [0.5, 0.6) is 0 Å². The number of hydrogen-bond acceptors (Lipinski definition) is 3. The molecule has 1 heterocycles. The average molecular weight is 174 g/mol. The summed E-state index contributed by atoms with van der Waals surface area (Å²) < 4.78 is 14.2. The monoisotopic (exact) mass is 174 g/mol. The molecule has 0 amide bonds. The fraction of sp³-hybridized carbons (Fsp3) is 0.286. The van der Waals surface area contributed by atoms with E-state index in [1.54, 1.807) is 24.6 Å². The summed E-state index contributed by atoms with van der Waals surface area (Å²) in [5, 5.41) is 0. The second-order valence-corrected chi connectivity index (χ2v) is 3.36. The van der Waals surface area contributed by atoms with E-state index in [4.69, 9.17) is 0 Å². The third-order valence-corrected chi connectivity index (χ3v) is 0.659. The van der Waals surface area contributed by atoms with E-state index in [2.05, 4.69) is 4.42 Å². The van der Waals surface area contributed by atoms with Crippen LogP contribution in [-0.2, 0) is 11.2 Å². The first kappa shape index (κ1) is 10.3. The molecule has 1 aromatic heterocycles. The Morgan fingerprint density at radius 1 is 1.64 bits per heavy atom. The molecule has 0 unspecified atom stereocenters. The van der Waals surface area contributed by atoms with Gasteiger partial charge in [0.2, 0.25) is 0 Å². The Kier molecular flexibility index (Phi) is 5.60. The molecule has 0 aromatic carbocycles. The minimum atomic E-state index is -0.611. The Balaban J connectivity index is 0.000000218. The van der Waals surface area contributed by atoms with Crippen LogP contribution in [0, 0.1) is 0 Å². The van der Waals surface area contributed by atoms with E-state index >= 15 is 0 Å². The van der Waals surface area contributed by atoms with Gasteiger partial charge >= 0.3 is 0 Å². The van der Waals surface area contributed by atoms with Gasteiger partial charge in [-0.25, -0.2) is 0 Å². The Morgan fingerprint density at radius 3 is 2.36 bits per heavy atom. The zero-order chi connectivity index (χ0) is 8.69. The quantitative estimate of drug-likeness (QED) is 0.473. The zero-order valence-corrected chi connectivity index (χ0v) is 7.26. The van der Waals surface area contributed by atoms with Crippen molar-refractivity contribution in [3.63, 3.8) is 0 Å². The Labute approximate surface area is 68.6 Å². The second-order valence-electron chi connectivity index (χ2n) is 1.87. The highest BCUT2D eigenvalue weighted by atomic mass is 32.2. The standard InChI is InChI=1S/C5H4O2.C2H6OS/c6-4-5-2-1-3-7-5;1-4(2)3/h1-4H;1-2H3. The van der Waals surface area contributed by atoms with Gasteiger partial charge in [-0.3, -0.25) is 4.79 Å². The summed E-state index contributed by atoms with van der Waals surface area (Å²) in [5.74, 6) is 0.375. The van der Waals surface area contributed by atoms with Gasteiger partial charge in [0.25, 0.3) is 0 Å². The van der Waals surface area contributed by atoms with Crippen molar-refractivity contribution in [1.82, 2.24) is 0 Å². The average Bonchev–Trinajstić information content (AvgIpc) is 2.36. The van der Waals surface area contributed by atoms with Crippen molar-refractivity contribution < 1.29 is 13.8 Å². The minimum Gasteiger partial charge on any atom is -0.617 e. The van der Waals surface area contributed by atoms with E-state index in [9.17, 15) is 9.35 Å². The number of hydrogen-bond donors (Lipinski definition) is 0. The first-order chi connectivity index (χ1) is 5.16. The number of furan rings is 1. The van der Waals surface area contributed by atoms with Gasteiger partial charge in [0.05, 0.1) is 18.8 Å². The summed E-state index contributed by atoms with van der Waals surface area (Å²) in [6, 6.07) is 3.27. The van der Waals surface area contributed by atoms with Crippen LogP contribution >= 0.6 is 0 Å². The highest BCUT2D eigenvalue weighted by molar-refractivity contribution is 7.89. The normalized spacial score (nSPS) is 8.73. The SMILES string of the molecule is C[S+](C)[O-].O=Cc1ccco1. The number of aldehydes is 1. The second kappa shape index (κ2) is 6.00. The third kappa shape index (κ3) is 7.15. The lowest BCUT2D eigenvalue weighted by molar-refractivity contribution is 0.110. The maximum Gasteiger partial charge on any atom is 0.185 e. The van der Waals surface area contributed by atoms with Gasteiger partial charge in [-0.1, -0.05) is 11.2 Å². The van der Waals surface area contributed by atoms with Gasteiger partial charge in [0.15, 0.2) is 12.0 Å². The number of carbonyl (C=O) groups is 1. The maximum atomic E-state index is 9.77. The Bertz CT molecular complexity index is 179. The molecule has 0 atom stereocenters. The van der Waals surface area contributed by atoms with Crippen LogP contribution in [0.4, 0.5) is 0 Å². The molecular weight excluding hydrogens is 164 g/mol. The molecule has 0 aliphatic heterocycles. The predicted molar refractivity (Wildman–Crippen MR) is 44.1 cm³/mol. The van der Waals surface area contributed by atoms with Gasteiger partial charge in [0.1, 0.15) is 0 Å². The molecule has 1 aromatic rings. The molecule has 0 bridgehead atoms. The van der Waals surface area contributed by atoms with E-state index in [-0.39, 0.29) is 0 Å². The molecule has 0 aliphatic rings. The van der Waals surface area contributed by atoms with Crippen molar-refractivity contribution in [2.45, 2.75) is 0 Å². The van der Waals surface area contributed by atoms with Crippen LogP contribution in [0.1, 0.15) is 10.6 Å². The fourth-order valence-electron chi connectivity index (χ4n) is 0.358.